The van der Waals surface area contributed by atoms with Crippen LogP contribution in [-0.2, 0) is 6.54 Å². The normalized spacial score (nSPS) is 15.5. The first kappa shape index (κ1) is 18.7. The Hall–Kier alpha value is -4.05. The second kappa shape index (κ2) is 7.27. The molecule has 3 heterocycles. The van der Waals surface area contributed by atoms with Gasteiger partial charge in [-0.3, -0.25) is 4.79 Å². The first-order valence-electron chi connectivity index (χ1n) is 10.8. The lowest BCUT2D eigenvalue weighted by Crippen LogP contribution is -2.28. The topological polar surface area (TPSA) is 49.2 Å². The van der Waals surface area contributed by atoms with E-state index >= 15 is 0 Å². The average molecular weight is 418 g/mol. The molecule has 0 spiro atoms. The minimum atomic E-state index is -0.213. The van der Waals surface area contributed by atoms with Gasteiger partial charge in [0.05, 0.1) is 18.3 Å². The van der Waals surface area contributed by atoms with Gasteiger partial charge in [0, 0.05) is 22.0 Å². The van der Waals surface area contributed by atoms with Gasteiger partial charge in [0.15, 0.2) is 0 Å². The number of carbonyl (C=O) groups is 1. The summed E-state index contributed by atoms with van der Waals surface area (Å²) in [7, 11) is 0. The van der Waals surface area contributed by atoms with E-state index in [4.69, 9.17) is 4.42 Å². The Balaban J connectivity index is 1.60. The summed E-state index contributed by atoms with van der Waals surface area (Å²) >= 11 is 0. The number of carbonyl (C=O) groups excluding carboxylic acids is 1. The van der Waals surface area contributed by atoms with E-state index in [1.165, 1.54) is 0 Å². The Morgan fingerprint density at radius 1 is 0.875 bits per heavy atom. The Labute approximate surface area is 186 Å². The summed E-state index contributed by atoms with van der Waals surface area (Å²) in [6, 6.07) is 30.3. The molecule has 5 aromatic rings. The molecule has 0 radical (unpaired) electrons. The van der Waals surface area contributed by atoms with Crippen LogP contribution in [0.4, 0.5) is 0 Å². The fraction of sp³-hybridized carbons (Fsp3) is 0.107. The third-order valence-corrected chi connectivity index (χ3v) is 6.26. The van der Waals surface area contributed by atoms with E-state index in [1.807, 2.05) is 66.4 Å². The van der Waals surface area contributed by atoms with Crippen LogP contribution in [0.1, 0.15) is 39.0 Å². The highest BCUT2D eigenvalue weighted by atomic mass is 16.3. The van der Waals surface area contributed by atoms with Crippen molar-refractivity contribution in [3.05, 3.63) is 119 Å². The van der Waals surface area contributed by atoms with Gasteiger partial charge in [0.25, 0.3) is 5.91 Å². The van der Waals surface area contributed by atoms with Crippen LogP contribution in [0, 0.1) is 6.92 Å². The summed E-state index contributed by atoms with van der Waals surface area (Å²) in [5.41, 5.74) is 6.11. The second-order valence-electron chi connectivity index (χ2n) is 8.26. The fourth-order valence-corrected chi connectivity index (χ4v) is 4.86. The SMILES string of the molecule is Cc1ccc(CN2C(=O)c3ccccc3[C@H]2c2c(-c3ccccc3)[nH]c3ccccc23)o1. The molecule has 32 heavy (non-hydrogen) atoms. The number of aryl methyl sites for hydroxylation is 1. The third kappa shape index (κ3) is 2.88. The number of furan rings is 1. The second-order valence-corrected chi connectivity index (χ2v) is 8.26. The number of H-pyrrole nitrogens is 1. The van der Waals surface area contributed by atoms with E-state index in [-0.39, 0.29) is 11.9 Å². The van der Waals surface area contributed by atoms with Crippen molar-refractivity contribution >= 4 is 16.8 Å². The number of aromatic nitrogens is 1. The summed E-state index contributed by atoms with van der Waals surface area (Å²) in [4.78, 5) is 19.1. The van der Waals surface area contributed by atoms with Crippen molar-refractivity contribution in [1.82, 2.24) is 9.88 Å². The molecule has 1 aliphatic rings. The van der Waals surface area contributed by atoms with Crippen LogP contribution in [-0.4, -0.2) is 15.8 Å². The molecule has 1 amide bonds. The van der Waals surface area contributed by atoms with E-state index in [9.17, 15) is 4.79 Å². The van der Waals surface area contributed by atoms with Crippen molar-refractivity contribution in [3.63, 3.8) is 0 Å². The standard InChI is InChI=1S/C28H22N2O2/c1-18-15-16-20(32-18)17-30-27(21-11-5-6-12-22(21)28(30)31)25-23-13-7-8-14-24(23)29-26(25)19-9-3-2-4-10-19/h2-16,27,29H,17H2,1H3/t27-/m0/s1. The fourth-order valence-electron chi connectivity index (χ4n) is 4.86. The Kier molecular flexibility index (Phi) is 4.25. The van der Waals surface area contributed by atoms with Crippen LogP contribution in [0.3, 0.4) is 0 Å². The lowest BCUT2D eigenvalue weighted by molar-refractivity contribution is 0.0723. The molecule has 2 aromatic heterocycles. The summed E-state index contributed by atoms with van der Waals surface area (Å²) in [6.45, 7) is 2.34. The number of hydrogen-bond acceptors (Lipinski definition) is 2. The number of hydrogen-bond donors (Lipinski definition) is 1. The Morgan fingerprint density at radius 2 is 1.62 bits per heavy atom. The lowest BCUT2D eigenvalue weighted by Gasteiger charge is -2.26. The predicted octanol–water partition coefficient (Wildman–Crippen LogP) is 6.48. The number of benzene rings is 3. The highest BCUT2D eigenvalue weighted by Gasteiger charge is 2.40. The van der Waals surface area contributed by atoms with Crippen LogP contribution >= 0.6 is 0 Å². The molecule has 4 nitrogen and oxygen atoms in total. The molecule has 4 heteroatoms. The third-order valence-electron chi connectivity index (χ3n) is 6.26. The summed E-state index contributed by atoms with van der Waals surface area (Å²) < 4.78 is 5.86. The molecule has 0 bridgehead atoms. The molecule has 0 saturated heterocycles. The molecule has 156 valence electrons. The van der Waals surface area contributed by atoms with Crippen LogP contribution in [0.25, 0.3) is 22.2 Å². The molecular weight excluding hydrogens is 396 g/mol. The van der Waals surface area contributed by atoms with Crippen LogP contribution in [0.15, 0.2) is 95.4 Å². The van der Waals surface area contributed by atoms with Crippen molar-refractivity contribution < 1.29 is 9.21 Å². The van der Waals surface area contributed by atoms with Gasteiger partial charge < -0.3 is 14.3 Å². The first-order chi connectivity index (χ1) is 15.7. The maximum atomic E-state index is 13.6. The highest BCUT2D eigenvalue weighted by molar-refractivity contribution is 6.02. The van der Waals surface area contributed by atoms with Gasteiger partial charge >= 0.3 is 0 Å². The molecule has 3 aromatic carbocycles. The number of nitrogens with zero attached hydrogens (tertiary/aromatic N) is 1. The summed E-state index contributed by atoms with van der Waals surface area (Å²) in [5, 5.41) is 1.13. The molecule has 0 aliphatic carbocycles. The monoisotopic (exact) mass is 418 g/mol. The van der Waals surface area contributed by atoms with Gasteiger partial charge in [-0.25, -0.2) is 0 Å². The zero-order valence-corrected chi connectivity index (χ0v) is 17.7. The van der Waals surface area contributed by atoms with Crippen LogP contribution < -0.4 is 0 Å². The van der Waals surface area contributed by atoms with Gasteiger partial charge in [-0.1, -0.05) is 66.7 Å². The Bertz CT molecular complexity index is 1440. The van der Waals surface area contributed by atoms with Crippen molar-refractivity contribution in [2.75, 3.05) is 0 Å². The molecule has 0 fully saturated rings. The Morgan fingerprint density at radius 3 is 2.44 bits per heavy atom. The van der Waals surface area contributed by atoms with Gasteiger partial charge in [-0.05, 0) is 42.3 Å². The van der Waals surface area contributed by atoms with Gasteiger partial charge in [0.1, 0.15) is 11.5 Å². The molecule has 0 saturated carbocycles. The molecule has 1 N–H and O–H groups in total. The van der Waals surface area contributed by atoms with E-state index in [2.05, 4.69) is 41.4 Å². The highest BCUT2D eigenvalue weighted by Crippen LogP contribution is 2.46. The zero-order valence-electron chi connectivity index (χ0n) is 17.7. The number of aromatic amines is 1. The maximum Gasteiger partial charge on any atom is 0.255 e. The van der Waals surface area contributed by atoms with Gasteiger partial charge in [-0.2, -0.15) is 0 Å². The number of rotatable bonds is 4. The zero-order chi connectivity index (χ0) is 21.7. The predicted molar refractivity (Wildman–Crippen MR) is 125 cm³/mol. The minimum absolute atomic E-state index is 0.0314. The van der Waals surface area contributed by atoms with Crippen molar-refractivity contribution in [2.45, 2.75) is 19.5 Å². The first-order valence-corrected chi connectivity index (χ1v) is 10.8. The van der Waals surface area contributed by atoms with E-state index in [0.717, 1.165) is 50.4 Å². The molecular formula is C28H22N2O2. The van der Waals surface area contributed by atoms with Crippen molar-refractivity contribution in [1.29, 1.82) is 0 Å². The van der Waals surface area contributed by atoms with Crippen molar-refractivity contribution in [2.24, 2.45) is 0 Å². The number of fused-ring (bicyclic) bond motifs is 2. The van der Waals surface area contributed by atoms with E-state index in [1.54, 1.807) is 0 Å². The number of amides is 1. The molecule has 0 unspecified atom stereocenters. The van der Waals surface area contributed by atoms with E-state index < -0.39 is 0 Å². The smallest absolute Gasteiger partial charge is 0.255 e. The van der Waals surface area contributed by atoms with Gasteiger partial charge in [-0.15, -0.1) is 0 Å². The van der Waals surface area contributed by atoms with Gasteiger partial charge in [0.2, 0.25) is 0 Å². The average Bonchev–Trinajstić information content (AvgIpc) is 3.49. The quantitative estimate of drug-likeness (QED) is 0.363. The number of para-hydroxylation sites is 1. The maximum absolute atomic E-state index is 13.6. The summed E-state index contributed by atoms with van der Waals surface area (Å²) in [6.07, 6.45) is 0. The largest absolute Gasteiger partial charge is 0.464 e. The molecule has 6 rings (SSSR count). The minimum Gasteiger partial charge on any atom is -0.464 e. The van der Waals surface area contributed by atoms with Crippen LogP contribution in [0.5, 0.6) is 0 Å². The van der Waals surface area contributed by atoms with E-state index in [0.29, 0.717) is 6.54 Å². The molecule has 1 aliphatic heterocycles. The van der Waals surface area contributed by atoms with Crippen molar-refractivity contribution in [3.8, 4) is 11.3 Å². The lowest BCUT2D eigenvalue weighted by atomic mass is 9.93. The van der Waals surface area contributed by atoms with Crippen LogP contribution in [0.2, 0.25) is 0 Å². The summed E-state index contributed by atoms with van der Waals surface area (Å²) in [5.74, 6) is 1.66. The molecule has 1 atom stereocenters. The number of nitrogens with one attached hydrogen (secondary N) is 1.